The van der Waals surface area contributed by atoms with E-state index in [9.17, 15) is 0 Å². The van der Waals surface area contributed by atoms with Crippen LogP contribution in [0.2, 0.25) is 0 Å². The summed E-state index contributed by atoms with van der Waals surface area (Å²) in [7, 11) is 3.71. The van der Waals surface area contributed by atoms with Gasteiger partial charge in [0.05, 0.1) is 18.8 Å². The molecule has 2 N–H and O–H groups in total. The molecule has 2 rings (SSSR count). The van der Waals surface area contributed by atoms with E-state index in [0.717, 1.165) is 22.8 Å². The number of ether oxygens (including phenoxy) is 1. The van der Waals surface area contributed by atoms with Crippen LogP contribution in [0.3, 0.4) is 0 Å². The normalized spacial score (nSPS) is 14.2. The lowest BCUT2D eigenvalue weighted by atomic mass is 9.98. The summed E-state index contributed by atoms with van der Waals surface area (Å²) in [5, 5.41) is 4.05. The van der Waals surface area contributed by atoms with E-state index in [1.54, 1.807) is 7.11 Å². The highest BCUT2D eigenvalue weighted by Gasteiger charge is 2.24. The van der Waals surface area contributed by atoms with Gasteiger partial charge in [-0.05, 0) is 27.0 Å². The van der Waals surface area contributed by atoms with Crippen LogP contribution >= 0.6 is 0 Å². The average Bonchev–Trinajstić information content (AvgIpc) is 2.84. The number of para-hydroxylation sites is 1. The van der Waals surface area contributed by atoms with E-state index in [4.69, 9.17) is 15.0 Å². The fourth-order valence-corrected chi connectivity index (χ4v) is 2.68. The van der Waals surface area contributed by atoms with Crippen LogP contribution in [0.5, 0.6) is 5.75 Å². The second-order valence-corrected chi connectivity index (χ2v) is 5.39. The Labute approximate surface area is 125 Å². The topological polar surface area (TPSA) is 64.5 Å². The third-order valence-corrected chi connectivity index (χ3v) is 3.52. The van der Waals surface area contributed by atoms with Crippen LogP contribution in [0.1, 0.15) is 30.0 Å². The lowest BCUT2D eigenvalue weighted by Crippen LogP contribution is -2.37. The highest BCUT2D eigenvalue weighted by atomic mass is 16.5. The minimum absolute atomic E-state index is 0.0400. The smallest absolute Gasteiger partial charge is 0.133 e. The highest BCUT2D eigenvalue weighted by Crippen LogP contribution is 2.31. The number of hydrogen-bond donors (Lipinski definition) is 1. The van der Waals surface area contributed by atoms with Gasteiger partial charge in [0, 0.05) is 24.2 Å². The number of rotatable bonds is 6. The van der Waals surface area contributed by atoms with E-state index < -0.39 is 0 Å². The molecular weight excluding hydrogens is 266 g/mol. The molecule has 0 bridgehead atoms. The van der Waals surface area contributed by atoms with Gasteiger partial charge in [-0.1, -0.05) is 23.4 Å². The van der Waals surface area contributed by atoms with E-state index in [0.29, 0.717) is 6.54 Å². The standard InChI is InChI=1S/C16H23N3O2/c1-11-9-13(18-21-11)10-19(3)16(12(2)17)14-7-5-6-8-15(14)20-4/h5-9,12,16H,10,17H2,1-4H3. The van der Waals surface area contributed by atoms with Crippen molar-refractivity contribution in [3.8, 4) is 5.75 Å². The first-order valence-electron chi connectivity index (χ1n) is 7.04. The molecule has 5 heteroatoms. The van der Waals surface area contributed by atoms with Gasteiger partial charge in [0.2, 0.25) is 0 Å². The van der Waals surface area contributed by atoms with Crippen LogP contribution in [0.25, 0.3) is 0 Å². The molecule has 2 aromatic rings. The van der Waals surface area contributed by atoms with Crippen molar-refractivity contribution in [1.82, 2.24) is 10.1 Å². The largest absolute Gasteiger partial charge is 0.496 e. The zero-order chi connectivity index (χ0) is 15.4. The Morgan fingerprint density at radius 2 is 2.10 bits per heavy atom. The summed E-state index contributed by atoms with van der Waals surface area (Å²) in [5.41, 5.74) is 8.19. The molecule has 0 amide bonds. The van der Waals surface area contributed by atoms with E-state index in [1.807, 2.05) is 45.2 Å². The van der Waals surface area contributed by atoms with E-state index >= 15 is 0 Å². The molecule has 1 aromatic carbocycles. The molecule has 1 heterocycles. The monoisotopic (exact) mass is 289 g/mol. The van der Waals surface area contributed by atoms with Crippen LogP contribution in [0.15, 0.2) is 34.9 Å². The van der Waals surface area contributed by atoms with Crippen LogP contribution in [-0.4, -0.2) is 30.3 Å². The number of aryl methyl sites for hydroxylation is 1. The summed E-state index contributed by atoms with van der Waals surface area (Å²) in [6, 6.07) is 9.91. The Balaban J connectivity index is 2.25. The number of aromatic nitrogens is 1. The molecule has 0 saturated heterocycles. The highest BCUT2D eigenvalue weighted by molar-refractivity contribution is 5.36. The molecule has 0 saturated carbocycles. The fourth-order valence-electron chi connectivity index (χ4n) is 2.68. The Morgan fingerprint density at radius 3 is 2.67 bits per heavy atom. The summed E-state index contributed by atoms with van der Waals surface area (Å²) in [6.45, 7) is 4.56. The molecule has 1 aromatic heterocycles. The zero-order valence-corrected chi connectivity index (χ0v) is 13.0. The molecule has 0 spiro atoms. The quantitative estimate of drug-likeness (QED) is 0.885. The first kappa shape index (κ1) is 15.5. The second kappa shape index (κ2) is 6.74. The molecule has 2 atom stereocenters. The Kier molecular flexibility index (Phi) is 4.98. The van der Waals surface area contributed by atoms with Crippen LogP contribution < -0.4 is 10.5 Å². The Bertz CT molecular complexity index is 580. The number of nitrogens with two attached hydrogens (primary N) is 1. The predicted octanol–water partition coefficient (Wildman–Crippen LogP) is 2.51. The molecule has 5 nitrogen and oxygen atoms in total. The summed E-state index contributed by atoms with van der Waals surface area (Å²) < 4.78 is 10.6. The van der Waals surface area contributed by atoms with Gasteiger partial charge in [-0.25, -0.2) is 0 Å². The van der Waals surface area contributed by atoms with Crippen molar-refractivity contribution in [2.75, 3.05) is 14.2 Å². The van der Waals surface area contributed by atoms with Crippen LogP contribution in [0.4, 0.5) is 0 Å². The van der Waals surface area contributed by atoms with Crippen molar-refractivity contribution < 1.29 is 9.26 Å². The van der Waals surface area contributed by atoms with Gasteiger partial charge in [-0.15, -0.1) is 0 Å². The molecule has 2 unspecified atom stereocenters. The minimum atomic E-state index is -0.0423. The summed E-state index contributed by atoms with van der Waals surface area (Å²) in [5.74, 6) is 1.66. The molecule has 0 fully saturated rings. The van der Waals surface area contributed by atoms with Gasteiger partial charge in [0.1, 0.15) is 11.5 Å². The predicted molar refractivity (Wildman–Crippen MR) is 82.1 cm³/mol. The maximum Gasteiger partial charge on any atom is 0.133 e. The molecule has 0 aliphatic rings. The number of methoxy groups -OCH3 is 1. The zero-order valence-electron chi connectivity index (χ0n) is 13.0. The lowest BCUT2D eigenvalue weighted by Gasteiger charge is -2.31. The van der Waals surface area contributed by atoms with Crippen molar-refractivity contribution in [3.63, 3.8) is 0 Å². The van der Waals surface area contributed by atoms with Gasteiger partial charge in [-0.2, -0.15) is 0 Å². The van der Waals surface area contributed by atoms with E-state index in [1.165, 1.54) is 0 Å². The van der Waals surface area contributed by atoms with Gasteiger partial charge in [0.25, 0.3) is 0 Å². The number of nitrogens with zero attached hydrogens (tertiary/aromatic N) is 2. The molecule has 21 heavy (non-hydrogen) atoms. The van der Waals surface area contributed by atoms with Crippen molar-refractivity contribution in [2.24, 2.45) is 5.73 Å². The van der Waals surface area contributed by atoms with Crippen LogP contribution in [0, 0.1) is 6.92 Å². The molecule has 114 valence electrons. The lowest BCUT2D eigenvalue weighted by molar-refractivity contribution is 0.201. The van der Waals surface area contributed by atoms with Crippen molar-refractivity contribution in [3.05, 3.63) is 47.3 Å². The first-order valence-corrected chi connectivity index (χ1v) is 7.04. The minimum Gasteiger partial charge on any atom is -0.496 e. The van der Waals surface area contributed by atoms with E-state index in [2.05, 4.69) is 16.1 Å². The molecule has 0 radical (unpaired) electrons. The number of benzene rings is 1. The third kappa shape index (κ3) is 3.62. The molecule has 0 aliphatic carbocycles. The SMILES string of the molecule is COc1ccccc1C(C(C)N)N(C)Cc1cc(C)on1. The summed E-state index contributed by atoms with van der Waals surface area (Å²) >= 11 is 0. The Morgan fingerprint density at radius 1 is 1.38 bits per heavy atom. The molecular formula is C16H23N3O2. The van der Waals surface area contributed by atoms with Crippen molar-refractivity contribution >= 4 is 0 Å². The number of likely N-dealkylation sites (N-methyl/N-ethyl adjacent to an activating group) is 1. The summed E-state index contributed by atoms with van der Waals surface area (Å²) in [4.78, 5) is 2.17. The number of hydrogen-bond acceptors (Lipinski definition) is 5. The average molecular weight is 289 g/mol. The maximum absolute atomic E-state index is 6.21. The second-order valence-electron chi connectivity index (χ2n) is 5.39. The van der Waals surface area contributed by atoms with Crippen molar-refractivity contribution in [2.45, 2.75) is 32.5 Å². The van der Waals surface area contributed by atoms with Crippen LogP contribution in [-0.2, 0) is 6.54 Å². The van der Waals surface area contributed by atoms with Gasteiger partial charge in [-0.3, -0.25) is 4.90 Å². The maximum atomic E-state index is 6.21. The third-order valence-electron chi connectivity index (χ3n) is 3.52. The van der Waals surface area contributed by atoms with Gasteiger partial charge < -0.3 is 15.0 Å². The Hall–Kier alpha value is -1.85. The first-order chi connectivity index (χ1) is 10.0. The molecule has 0 aliphatic heterocycles. The van der Waals surface area contributed by atoms with Gasteiger partial charge in [0.15, 0.2) is 0 Å². The summed E-state index contributed by atoms with van der Waals surface area (Å²) in [6.07, 6.45) is 0. The fraction of sp³-hybridized carbons (Fsp3) is 0.438. The van der Waals surface area contributed by atoms with Crippen molar-refractivity contribution in [1.29, 1.82) is 0 Å². The van der Waals surface area contributed by atoms with E-state index in [-0.39, 0.29) is 12.1 Å². The van der Waals surface area contributed by atoms with Gasteiger partial charge >= 0.3 is 0 Å².